The third-order valence-electron chi connectivity index (χ3n) is 3.65. The predicted molar refractivity (Wildman–Crippen MR) is 86.9 cm³/mol. The van der Waals surface area contributed by atoms with Gasteiger partial charge in [-0.05, 0) is 46.5 Å². The van der Waals surface area contributed by atoms with Crippen LogP contribution in [0, 0.1) is 11.3 Å². The molecule has 0 unspecified atom stereocenters. The van der Waals surface area contributed by atoms with Crippen LogP contribution in [0.15, 0.2) is 46.6 Å². The maximum absolute atomic E-state index is 8.94. The lowest BCUT2D eigenvalue weighted by atomic mass is 9.92. The van der Waals surface area contributed by atoms with Crippen LogP contribution < -0.4 is 4.74 Å². The van der Waals surface area contributed by atoms with Crippen LogP contribution in [0.3, 0.4) is 0 Å². The van der Waals surface area contributed by atoms with E-state index in [0.717, 1.165) is 45.1 Å². The maximum atomic E-state index is 8.94. The van der Waals surface area contributed by atoms with Gasteiger partial charge in [0.1, 0.15) is 5.75 Å². The number of allylic oxidation sites excluding steroid dienone is 4. The van der Waals surface area contributed by atoms with Crippen molar-refractivity contribution in [2.75, 3.05) is 7.11 Å². The van der Waals surface area contributed by atoms with Crippen molar-refractivity contribution in [3.63, 3.8) is 0 Å². The van der Waals surface area contributed by atoms with Gasteiger partial charge in [-0.3, -0.25) is 4.98 Å². The molecule has 0 amide bonds. The zero-order valence-electron chi connectivity index (χ0n) is 11.6. The summed E-state index contributed by atoms with van der Waals surface area (Å²) in [4.78, 5) is 4.55. The fraction of sp³-hybridized carbons (Fsp3) is 0.176. The highest BCUT2D eigenvalue weighted by Crippen LogP contribution is 2.37. The number of hydrogen-bond acceptors (Lipinski definition) is 3. The van der Waals surface area contributed by atoms with E-state index in [4.69, 9.17) is 10.00 Å². The second-order valence-corrected chi connectivity index (χ2v) is 5.69. The lowest BCUT2D eigenvalue weighted by Gasteiger charge is -2.14. The lowest BCUT2D eigenvalue weighted by Crippen LogP contribution is -1.96. The Morgan fingerprint density at radius 1 is 1.29 bits per heavy atom. The molecule has 0 radical (unpaired) electrons. The zero-order chi connectivity index (χ0) is 14.8. The van der Waals surface area contributed by atoms with Crippen molar-refractivity contribution in [1.82, 2.24) is 4.98 Å². The number of ether oxygens (including phenoxy) is 1. The molecule has 0 N–H and O–H groups in total. The van der Waals surface area contributed by atoms with E-state index < -0.39 is 0 Å². The Labute approximate surface area is 131 Å². The minimum Gasteiger partial charge on any atom is -0.495 e. The minimum absolute atomic E-state index is 0.784. The van der Waals surface area contributed by atoms with E-state index in [0.29, 0.717) is 0 Å². The standard InChI is InChI=1S/C17H13BrN2O/c1-21-17-14-4-2-3-13(16(14)20-10-15(17)18)12-7-5-11(9-19)6-8-12/h2-5,7,10H,6,8H2,1H3. The molecule has 0 aliphatic heterocycles. The Morgan fingerprint density at radius 3 is 2.81 bits per heavy atom. The van der Waals surface area contributed by atoms with E-state index in [1.165, 1.54) is 5.57 Å². The summed E-state index contributed by atoms with van der Waals surface area (Å²) in [6.45, 7) is 0. The van der Waals surface area contributed by atoms with Gasteiger partial charge in [-0.2, -0.15) is 5.26 Å². The highest BCUT2D eigenvalue weighted by molar-refractivity contribution is 9.10. The topological polar surface area (TPSA) is 45.9 Å². The number of benzene rings is 1. The van der Waals surface area contributed by atoms with Gasteiger partial charge in [0.2, 0.25) is 0 Å². The number of aromatic nitrogens is 1. The molecule has 0 saturated heterocycles. The first kappa shape index (κ1) is 13.8. The molecule has 0 atom stereocenters. The largest absolute Gasteiger partial charge is 0.495 e. The van der Waals surface area contributed by atoms with Gasteiger partial charge in [-0.25, -0.2) is 0 Å². The first-order valence-electron chi connectivity index (χ1n) is 6.66. The summed E-state index contributed by atoms with van der Waals surface area (Å²) < 4.78 is 6.32. The summed E-state index contributed by atoms with van der Waals surface area (Å²) in [5.41, 5.74) is 4.06. The second-order valence-electron chi connectivity index (χ2n) is 4.84. The van der Waals surface area contributed by atoms with E-state index in [9.17, 15) is 0 Å². The molecule has 0 fully saturated rings. The summed E-state index contributed by atoms with van der Waals surface area (Å²) >= 11 is 3.47. The van der Waals surface area contributed by atoms with Crippen molar-refractivity contribution in [3.05, 3.63) is 52.2 Å². The second kappa shape index (κ2) is 5.71. The molecule has 104 valence electrons. The maximum Gasteiger partial charge on any atom is 0.144 e. The average molecular weight is 341 g/mol. The molecule has 1 aromatic heterocycles. The van der Waals surface area contributed by atoms with Crippen LogP contribution in [0.2, 0.25) is 0 Å². The molecule has 1 aliphatic rings. The average Bonchev–Trinajstić information content (AvgIpc) is 2.54. The van der Waals surface area contributed by atoms with Crippen LogP contribution in [0.4, 0.5) is 0 Å². The highest BCUT2D eigenvalue weighted by Gasteiger charge is 2.14. The van der Waals surface area contributed by atoms with Crippen LogP contribution in [0.5, 0.6) is 5.75 Å². The molecule has 1 heterocycles. The number of hydrogen-bond donors (Lipinski definition) is 0. The van der Waals surface area contributed by atoms with Crippen molar-refractivity contribution in [2.45, 2.75) is 12.8 Å². The van der Waals surface area contributed by atoms with Gasteiger partial charge in [0.25, 0.3) is 0 Å². The molecule has 3 rings (SSSR count). The van der Waals surface area contributed by atoms with Crippen LogP contribution >= 0.6 is 15.9 Å². The number of nitrogens with zero attached hydrogens (tertiary/aromatic N) is 2. The molecular formula is C17H13BrN2O. The number of fused-ring (bicyclic) bond motifs is 1. The molecule has 2 aromatic rings. The lowest BCUT2D eigenvalue weighted by molar-refractivity contribution is 0.417. The van der Waals surface area contributed by atoms with Gasteiger partial charge in [0, 0.05) is 22.7 Å². The van der Waals surface area contributed by atoms with Crippen molar-refractivity contribution in [3.8, 4) is 11.8 Å². The first-order chi connectivity index (χ1) is 10.2. The molecule has 0 spiro atoms. The van der Waals surface area contributed by atoms with E-state index in [2.05, 4.69) is 33.0 Å². The number of halogens is 1. The zero-order valence-corrected chi connectivity index (χ0v) is 13.1. The van der Waals surface area contributed by atoms with Crippen molar-refractivity contribution in [1.29, 1.82) is 5.26 Å². The highest BCUT2D eigenvalue weighted by atomic mass is 79.9. The third-order valence-corrected chi connectivity index (χ3v) is 4.21. The number of methoxy groups -OCH3 is 1. The van der Waals surface area contributed by atoms with Crippen LogP contribution in [0.1, 0.15) is 18.4 Å². The number of nitriles is 1. The molecule has 3 nitrogen and oxygen atoms in total. The molecule has 1 aromatic carbocycles. The van der Waals surface area contributed by atoms with Crippen LogP contribution in [-0.2, 0) is 0 Å². The minimum atomic E-state index is 0.784. The Bertz CT molecular complexity index is 815. The smallest absolute Gasteiger partial charge is 0.144 e. The number of para-hydroxylation sites is 1. The SMILES string of the molecule is COc1c(Br)cnc2c(C3=CC=C(C#N)CC3)cccc12. The first-order valence-corrected chi connectivity index (χ1v) is 7.45. The van der Waals surface area contributed by atoms with Crippen LogP contribution in [-0.4, -0.2) is 12.1 Å². The monoisotopic (exact) mass is 340 g/mol. The normalized spacial score (nSPS) is 14.3. The third kappa shape index (κ3) is 2.45. The summed E-state index contributed by atoms with van der Waals surface area (Å²) in [6.07, 6.45) is 7.33. The van der Waals surface area contributed by atoms with E-state index in [1.807, 2.05) is 24.3 Å². The van der Waals surface area contributed by atoms with Gasteiger partial charge in [-0.1, -0.05) is 18.2 Å². The van der Waals surface area contributed by atoms with Crippen molar-refractivity contribution < 1.29 is 4.74 Å². The Morgan fingerprint density at radius 2 is 2.14 bits per heavy atom. The van der Waals surface area contributed by atoms with Crippen LogP contribution in [0.25, 0.3) is 16.5 Å². The fourth-order valence-electron chi connectivity index (χ4n) is 2.60. The van der Waals surface area contributed by atoms with Gasteiger partial charge >= 0.3 is 0 Å². The Hall–Kier alpha value is -2.12. The van der Waals surface area contributed by atoms with E-state index >= 15 is 0 Å². The molecule has 0 bridgehead atoms. The van der Waals surface area contributed by atoms with Gasteiger partial charge < -0.3 is 4.74 Å². The summed E-state index contributed by atoms with van der Waals surface area (Å²) in [7, 11) is 1.66. The fourth-order valence-corrected chi connectivity index (χ4v) is 3.07. The predicted octanol–water partition coefficient (Wildman–Crippen LogP) is 4.63. The van der Waals surface area contributed by atoms with Gasteiger partial charge in [0.05, 0.1) is 23.2 Å². The summed E-state index contributed by atoms with van der Waals surface area (Å²) in [6, 6.07) is 8.30. The molecule has 4 heteroatoms. The van der Waals surface area contributed by atoms with Gasteiger partial charge in [-0.15, -0.1) is 0 Å². The Balaban J connectivity index is 2.20. The van der Waals surface area contributed by atoms with Crippen molar-refractivity contribution >= 4 is 32.4 Å². The summed E-state index contributed by atoms with van der Waals surface area (Å²) in [5, 5.41) is 9.92. The summed E-state index contributed by atoms with van der Waals surface area (Å²) in [5.74, 6) is 0.798. The molecule has 0 saturated carbocycles. The van der Waals surface area contributed by atoms with E-state index in [-0.39, 0.29) is 0 Å². The molecular weight excluding hydrogens is 328 g/mol. The van der Waals surface area contributed by atoms with E-state index in [1.54, 1.807) is 13.3 Å². The van der Waals surface area contributed by atoms with Crippen molar-refractivity contribution in [2.24, 2.45) is 0 Å². The number of rotatable bonds is 2. The molecule has 21 heavy (non-hydrogen) atoms. The number of pyridine rings is 1. The Kier molecular flexibility index (Phi) is 3.76. The molecule has 1 aliphatic carbocycles. The quantitative estimate of drug-likeness (QED) is 0.800. The van der Waals surface area contributed by atoms with Gasteiger partial charge in [0.15, 0.2) is 0 Å².